The van der Waals surface area contributed by atoms with Crippen LogP contribution >= 0.6 is 15.9 Å². The van der Waals surface area contributed by atoms with Gasteiger partial charge in [-0.3, -0.25) is 5.32 Å². The molecule has 4 nitrogen and oxygen atoms in total. The van der Waals surface area contributed by atoms with Gasteiger partial charge in [0, 0.05) is 21.6 Å². The van der Waals surface area contributed by atoms with Crippen molar-refractivity contribution in [2.75, 3.05) is 11.9 Å². The van der Waals surface area contributed by atoms with Crippen LogP contribution in [-0.2, 0) is 11.3 Å². The number of amides is 1. The van der Waals surface area contributed by atoms with Crippen LogP contribution in [0.2, 0.25) is 0 Å². The van der Waals surface area contributed by atoms with E-state index in [0.29, 0.717) is 11.3 Å². The molecular formula is C22H18BrNO3. The second-order valence-electron chi connectivity index (χ2n) is 6.41. The molecule has 1 aliphatic rings. The van der Waals surface area contributed by atoms with Crippen molar-refractivity contribution in [3.63, 3.8) is 0 Å². The highest BCUT2D eigenvalue weighted by Gasteiger charge is 2.29. The predicted molar refractivity (Wildman–Crippen MR) is 109 cm³/mol. The molecule has 1 aliphatic carbocycles. The minimum Gasteiger partial charge on any atom is -0.448 e. The first kappa shape index (κ1) is 17.8. The van der Waals surface area contributed by atoms with Crippen LogP contribution in [0, 0.1) is 0 Å². The highest BCUT2D eigenvalue weighted by atomic mass is 79.9. The van der Waals surface area contributed by atoms with Crippen molar-refractivity contribution in [3.8, 4) is 11.1 Å². The molecule has 1 amide bonds. The lowest BCUT2D eigenvalue weighted by molar-refractivity contribution is 0.158. The maximum absolute atomic E-state index is 12.3. The fraction of sp³-hybridized carbons (Fsp3) is 0.136. The van der Waals surface area contributed by atoms with Crippen LogP contribution in [-0.4, -0.2) is 17.8 Å². The predicted octanol–water partition coefficient (Wildman–Crippen LogP) is 5.30. The summed E-state index contributed by atoms with van der Waals surface area (Å²) in [6.45, 7) is 0.0866. The highest BCUT2D eigenvalue weighted by Crippen LogP contribution is 2.44. The Labute approximate surface area is 165 Å². The van der Waals surface area contributed by atoms with Gasteiger partial charge in [0.25, 0.3) is 0 Å². The summed E-state index contributed by atoms with van der Waals surface area (Å²) in [6, 6.07) is 21.7. The average molecular weight is 424 g/mol. The Morgan fingerprint density at radius 3 is 2.26 bits per heavy atom. The van der Waals surface area contributed by atoms with Crippen LogP contribution in [0.15, 0.2) is 71.2 Å². The number of nitrogens with one attached hydrogen (secondary N) is 1. The third-order valence-corrected chi connectivity index (χ3v) is 5.31. The number of carbonyl (C=O) groups excluding carboxylic acids is 1. The van der Waals surface area contributed by atoms with Gasteiger partial charge in [-0.25, -0.2) is 4.79 Å². The SMILES string of the molecule is O=C(Nc1ccc(Br)cc1CO)OCC1c2ccccc2-c2ccccc21. The number of anilines is 1. The molecule has 2 N–H and O–H groups in total. The molecule has 0 unspecified atom stereocenters. The van der Waals surface area contributed by atoms with Crippen molar-refractivity contribution in [2.45, 2.75) is 12.5 Å². The summed E-state index contributed by atoms with van der Waals surface area (Å²) in [5, 5.41) is 12.2. The number of halogens is 1. The topological polar surface area (TPSA) is 58.6 Å². The van der Waals surface area contributed by atoms with Gasteiger partial charge < -0.3 is 9.84 Å². The average Bonchev–Trinajstić information content (AvgIpc) is 3.01. The van der Waals surface area contributed by atoms with Crippen LogP contribution in [0.25, 0.3) is 11.1 Å². The third-order valence-electron chi connectivity index (χ3n) is 4.82. The molecule has 0 aliphatic heterocycles. The lowest BCUT2D eigenvalue weighted by Crippen LogP contribution is -2.18. The molecule has 0 saturated carbocycles. The van der Waals surface area contributed by atoms with Crippen LogP contribution < -0.4 is 5.32 Å². The van der Waals surface area contributed by atoms with E-state index < -0.39 is 6.09 Å². The number of benzene rings is 3. The number of rotatable bonds is 4. The van der Waals surface area contributed by atoms with Crippen molar-refractivity contribution in [1.29, 1.82) is 0 Å². The fourth-order valence-corrected chi connectivity index (χ4v) is 3.97. The number of carbonyl (C=O) groups is 1. The van der Waals surface area contributed by atoms with Gasteiger partial charge in [-0.05, 0) is 40.5 Å². The zero-order chi connectivity index (χ0) is 18.8. The van der Waals surface area contributed by atoms with E-state index >= 15 is 0 Å². The van der Waals surface area contributed by atoms with E-state index in [1.807, 2.05) is 24.3 Å². The summed E-state index contributed by atoms with van der Waals surface area (Å²) in [4.78, 5) is 12.3. The summed E-state index contributed by atoms with van der Waals surface area (Å²) in [5.41, 5.74) is 5.89. The first-order chi connectivity index (χ1) is 13.2. The highest BCUT2D eigenvalue weighted by molar-refractivity contribution is 9.10. The molecule has 0 atom stereocenters. The van der Waals surface area contributed by atoms with Crippen molar-refractivity contribution >= 4 is 27.7 Å². The van der Waals surface area contributed by atoms with Crippen LogP contribution in [0.5, 0.6) is 0 Å². The van der Waals surface area contributed by atoms with E-state index in [1.54, 1.807) is 18.2 Å². The molecule has 0 heterocycles. The van der Waals surface area contributed by atoms with E-state index in [1.165, 1.54) is 22.3 Å². The van der Waals surface area contributed by atoms with Gasteiger partial charge in [0.05, 0.1) is 6.61 Å². The molecule has 3 aromatic carbocycles. The van der Waals surface area contributed by atoms with Gasteiger partial charge in [0.1, 0.15) is 6.61 Å². The largest absolute Gasteiger partial charge is 0.448 e. The maximum Gasteiger partial charge on any atom is 0.411 e. The Morgan fingerprint density at radius 2 is 1.63 bits per heavy atom. The van der Waals surface area contributed by atoms with E-state index in [9.17, 15) is 9.90 Å². The standard InChI is InChI=1S/C22H18BrNO3/c23-15-9-10-21(14(11-15)12-25)24-22(26)27-13-20-18-7-3-1-5-16(18)17-6-2-4-8-19(17)20/h1-11,20,25H,12-13H2,(H,24,26). The fourth-order valence-electron chi connectivity index (χ4n) is 3.56. The number of aliphatic hydroxyl groups excluding tert-OH is 1. The zero-order valence-electron chi connectivity index (χ0n) is 14.5. The molecule has 3 aromatic rings. The van der Waals surface area contributed by atoms with Gasteiger partial charge in [-0.15, -0.1) is 0 Å². The molecule has 4 rings (SSSR count). The van der Waals surface area contributed by atoms with Gasteiger partial charge in [0.2, 0.25) is 0 Å². The Balaban J connectivity index is 1.50. The molecule has 0 bridgehead atoms. The summed E-state index contributed by atoms with van der Waals surface area (Å²) in [7, 11) is 0. The smallest absolute Gasteiger partial charge is 0.411 e. The summed E-state index contributed by atoms with van der Waals surface area (Å²) in [5.74, 6) is 0.0189. The maximum atomic E-state index is 12.3. The normalized spacial score (nSPS) is 12.4. The minimum atomic E-state index is -0.533. The van der Waals surface area contributed by atoms with E-state index in [2.05, 4.69) is 45.5 Å². The van der Waals surface area contributed by atoms with Crippen LogP contribution in [0.3, 0.4) is 0 Å². The Bertz CT molecular complexity index is 957. The second kappa shape index (κ2) is 7.55. The van der Waals surface area contributed by atoms with Gasteiger partial charge in [0.15, 0.2) is 0 Å². The van der Waals surface area contributed by atoms with Crippen LogP contribution in [0.1, 0.15) is 22.6 Å². The zero-order valence-corrected chi connectivity index (χ0v) is 16.1. The molecule has 0 saturated heterocycles. The lowest BCUT2D eigenvalue weighted by atomic mass is 9.98. The Morgan fingerprint density at radius 1 is 1.00 bits per heavy atom. The van der Waals surface area contributed by atoms with Crippen molar-refractivity contribution in [1.82, 2.24) is 0 Å². The molecule has 0 radical (unpaired) electrons. The molecule has 0 fully saturated rings. The molecule has 27 heavy (non-hydrogen) atoms. The molecular weight excluding hydrogens is 406 g/mol. The van der Waals surface area contributed by atoms with E-state index in [4.69, 9.17) is 4.74 Å². The number of hydrogen-bond donors (Lipinski definition) is 2. The third kappa shape index (κ3) is 3.48. The molecule has 0 aromatic heterocycles. The molecule has 136 valence electrons. The quantitative estimate of drug-likeness (QED) is 0.598. The number of aliphatic hydroxyl groups is 1. The molecule has 5 heteroatoms. The first-order valence-electron chi connectivity index (χ1n) is 8.68. The van der Waals surface area contributed by atoms with Gasteiger partial charge in [-0.2, -0.15) is 0 Å². The Hall–Kier alpha value is -2.63. The summed E-state index contributed by atoms with van der Waals surface area (Å²) < 4.78 is 6.37. The summed E-state index contributed by atoms with van der Waals surface area (Å²) >= 11 is 3.35. The summed E-state index contributed by atoms with van der Waals surface area (Å²) in [6.07, 6.45) is -0.533. The number of ether oxygens (including phenoxy) is 1. The van der Waals surface area contributed by atoms with Gasteiger partial charge >= 0.3 is 6.09 Å². The lowest BCUT2D eigenvalue weighted by Gasteiger charge is -2.15. The second-order valence-corrected chi connectivity index (χ2v) is 7.33. The van der Waals surface area contributed by atoms with E-state index in [0.717, 1.165) is 4.47 Å². The number of hydrogen-bond acceptors (Lipinski definition) is 3. The van der Waals surface area contributed by atoms with Crippen molar-refractivity contribution < 1.29 is 14.6 Å². The first-order valence-corrected chi connectivity index (χ1v) is 9.48. The Kier molecular flexibility index (Phi) is 4.97. The number of fused-ring (bicyclic) bond motifs is 3. The van der Waals surface area contributed by atoms with Crippen molar-refractivity contribution in [2.24, 2.45) is 0 Å². The molecule has 0 spiro atoms. The minimum absolute atomic E-state index is 0.0189. The monoisotopic (exact) mass is 423 g/mol. The van der Waals surface area contributed by atoms with Crippen molar-refractivity contribution in [3.05, 3.63) is 87.9 Å². The van der Waals surface area contributed by atoms with E-state index in [-0.39, 0.29) is 19.1 Å². The van der Waals surface area contributed by atoms with Crippen LogP contribution in [0.4, 0.5) is 10.5 Å². The van der Waals surface area contributed by atoms with Gasteiger partial charge in [-0.1, -0.05) is 64.5 Å².